The first-order valence-electron chi connectivity index (χ1n) is 11.1. The Morgan fingerprint density at radius 3 is 2.52 bits per heavy atom. The maximum Gasteiger partial charge on any atom is 0.257 e. The lowest BCUT2D eigenvalue weighted by atomic mass is 9.85. The van der Waals surface area contributed by atoms with Crippen molar-refractivity contribution in [1.82, 2.24) is 15.5 Å². The van der Waals surface area contributed by atoms with Crippen molar-refractivity contribution in [2.45, 2.75) is 65.0 Å². The summed E-state index contributed by atoms with van der Waals surface area (Å²) in [6.07, 6.45) is 2.79. The molecule has 0 saturated carbocycles. The summed E-state index contributed by atoms with van der Waals surface area (Å²) in [5.74, 6) is -0.0404. The van der Waals surface area contributed by atoms with E-state index in [1.807, 2.05) is 18.2 Å². The van der Waals surface area contributed by atoms with Gasteiger partial charge in [0.25, 0.3) is 5.91 Å². The Morgan fingerprint density at radius 1 is 1.29 bits per heavy atom. The molecule has 2 N–H and O–H groups in total. The summed E-state index contributed by atoms with van der Waals surface area (Å²) in [6, 6.07) is 8.91. The summed E-state index contributed by atoms with van der Waals surface area (Å²) in [4.78, 5) is 32.6. The van der Waals surface area contributed by atoms with E-state index in [2.05, 4.69) is 54.3 Å². The van der Waals surface area contributed by atoms with E-state index in [0.717, 1.165) is 26.1 Å². The molecule has 166 valence electrons. The Labute approximate surface area is 184 Å². The smallest absolute Gasteiger partial charge is 0.257 e. The van der Waals surface area contributed by atoms with Gasteiger partial charge in [0.15, 0.2) is 0 Å². The highest BCUT2D eigenvalue weighted by molar-refractivity contribution is 6.23. The molecule has 7 heteroatoms. The molecule has 1 atom stereocenters. The maximum atomic E-state index is 13.3. The normalized spacial score (nSPS) is 20.6. The first-order valence-corrected chi connectivity index (χ1v) is 11.1. The standard InChI is InChI=1S/C24H33N5O2/c1-5-12-29-13-10-24(16-25,11-14-29)28-22(31)19(15-23(2,3)4)26-20-17-8-6-7-9-18(17)21(30)27-20/h6-9,19H,5,10-15H2,1-4H3,(H,28,31)(H,26,27,30)/t19-/m0/s1. The van der Waals surface area contributed by atoms with Gasteiger partial charge in [-0.1, -0.05) is 45.9 Å². The number of carbonyl (C=O) groups excluding carboxylic acids is 2. The minimum atomic E-state index is -0.867. The molecular weight excluding hydrogens is 390 g/mol. The molecule has 1 aromatic rings. The second-order valence-electron chi connectivity index (χ2n) is 9.78. The van der Waals surface area contributed by atoms with Gasteiger partial charge in [0.05, 0.1) is 11.6 Å². The van der Waals surface area contributed by atoms with Crippen molar-refractivity contribution in [2.24, 2.45) is 10.4 Å². The molecule has 0 radical (unpaired) electrons. The average Bonchev–Trinajstić information content (AvgIpc) is 3.04. The number of nitrogens with one attached hydrogen (secondary N) is 2. The maximum absolute atomic E-state index is 13.3. The number of nitrogens with zero attached hydrogens (tertiary/aromatic N) is 3. The van der Waals surface area contributed by atoms with Crippen LogP contribution in [0.15, 0.2) is 29.3 Å². The van der Waals surface area contributed by atoms with Crippen LogP contribution >= 0.6 is 0 Å². The third-order valence-electron chi connectivity index (χ3n) is 5.88. The second-order valence-corrected chi connectivity index (χ2v) is 9.78. The lowest BCUT2D eigenvalue weighted by Crippen LogP contribution is -2.56. The Bertz CT molecular complexity index is 901. The zero-order valence-electron chi connectivity index (χ0n) is 19.0. The van der Waals surface area contributed by atoms with Gasteiger partial charge in [-0.15, -0.1) is 0 Å². The second kappa shape index (κ2) is 9.19. The van der Waals surface area contributed by atoms with Crippen molar-refractivity contribution in [2.75, 3.05) is 19.6 Å². The number of likely N-dealkylation sites (tertiary alicyclic amines) is 1. The van der Waals surface area contributed by atoms with Crippen LogP contribution < -0.4 is 10.6 Å². The molecule has 1 fully saturated rings. The first kappa shape index (κ1) is 23.0. The molecular formula is C24H33N5O2. The Morgan fingerprint density at radius 2 is 1.94 bits per heavy atom. The number of carbonyl (C=O) groups is 2. The SMILES string of the molecule is CCCN1CCC(C#N)(NC(=O)[C@H](CC(C)(C)C)N=C2NC(=O)c3ccccc32)CC1. The fourth-order valence-electron chi connectivity index (χ4n) is 4.22. The van der Waals surface area contributed by atoms with Crippen LogP contribution in [0.5, 0.6) is 0 Å². The summed E-state index contributed by atoms with van der Waals surface area (Å²) in [5, 5.41) is 15.7. The minimum absolute atomic E-state index is 0.154. The predicted molar refractivity (Wildman–Crippen MR) is 121 cm³/mol. The topological polar surface area (TPSA) is 97.6 Å². The molecule has 2 aliphatic rings. The number of rotatable bonds is 6. The molecule has 2 heterocycles. The highest BCUT2D eigenvalue weighted by Crippen LogP contribution is 2.27. The van der Waals surface area contributed by atoms with Crippen molar-refractivity contribution >= 4 is 17.6 Å². The molecule has 0 bridgehead atoms. The van der Waals surface area contributed by atoms with E-state index >= 15 is 0 Å². The molecule has 1 aromatic carbocycles. The fourth-order valence-corrected chi connectivity index (χ4v) is 4.22. The van der Waals surface area contributed by atoms with Crippen LogP contribution in [0.3, 0.4) is 0 Å². The quantitative estimate of drug-likeness (QED) is 0.735. The van der Waals surface area contributed by atoms with E-state index in [0.29, 0.717) is 36.2 Å². The summed E-state index contributed by atoms with van der Waals surface area (Å²) in [5.41, 5.74) is 0.252. The van der Waals surface area contributed by atoms with E-state index < -0.39 is 11.6 Å². The van der Waals surface area contributed by atoms with Crippen molar-refractivity contribution in [3.05, 3.63) is 35.4 Å². The van der Waals surface area contributed by atoms with Crippen LogP contribution in [0.2, 0.25) is 0 Å². The van der Waals surface area contributed by atoms with E-state index in [9.17, 15) is 14.9 Å². The van der Waals surface area contributed by atoms with Crippen LogP contribution in [0, 0.1) is 16.7 Å². The Balaban J connectivity index is 1.82. The van der Waals surface area contributed by atoms with E-state index in [1.54, 1.807) is 6.07 Å². The predicted octanol–water partition coefficient (Wildman–Crippen LogP) is 2.87. The molecule has 7 nitrogen and oxygen atoms in total. The third kappa shape index (κ3) is 5.50. The monoisotopic (exact) mass is 423 g/mol. The van der Waals surface area contributed by atoms with E-state index in [1.165, 1.54) is 0 Å². The van der Waals surface area contributed by atoms with Crippen molar-refractivity contribution in [3.8, 4) is 6.07 Å². The van der Waals surface area contributed by atoms with Gasteiger partial charge in [-0.05, 0) is 43.7 Å². The molecule has 0 unspecified atom stereocenters. The highest BCUT2D eigenvalue weighted by Gasteiger charge is 2.38. The number of amides is 2. The molecule has 1 saturated heterocycles. The van der Waals surface area contributed by atoms with E-state index in [4.69, 9.17) is 0 Å². The van der Waals surface area contributed by atoms with Gasteiger partial charge in [-0.25, -0.2) is 0 Å². The summed E-state index contributed by atoms with van der Waals surface area (Å²) in [6.45, 7) is 10.9. The van der Waals surface area contributed by atoms with Gasteiger partial charge in [0.1, 0.15) is 17.4 Å². The molecule has 2 amide bonds. The summed E-state index contributed by atoms with van der Waals surface area (Å²) in [7, 11) is 0. The Hall–Kier alpha value is -2.72. The number of hydrogen-bond donors (Lipinski definition) is 2. The molecule has 0 aromatic heterocycles. The fraction of sp³-hybridized carbons (Fsp3) is 0.583. The van der Waals surface area contributed by atoms with Gasteiger partial charge in [0.2, 0.25) is 5.91 Å². The molecule has 0 aliphatic carbocycles. The van der Waals surface area contributed by atoms with Crippen LogP contribution in [0.1, 0.15) is 69.3 Å². The lowest BCUT2D eigenvalue weighted by Gasteiger charge is -2.38. The number of benzene rings is 1. The summed E-state index contributed by atoms with van der Waals surface area (Å²) >= 11 is 0. The van der Waals surface area contributed by atoms with Crippen LogP contribution in [-0.4, -0.2) is 53.8 Å². The van der Waals surface area contributed by atoms with Crippen LogP contribution in [0.25, 0.3) is 0 Å². The van der Waals surface area contributed by atoms with Gasteiger partial charge >= 0.3 is 0 Å². The van der Waals surface area contributed by atoms with Crippen LogP contribution in [-0.2, 0) is 4.79 Å². The number of amidine groups is 1. The van der Waals surface area contributed by atoms with Gasteiger partial charge < -0.3 is 15.5 Å². The first-order chi connectivity index (χ1) is 14.7. The number of piperidine rings is 1. The lowest BCUT2D eigenvalue weighted by molar-refractivity contribution is -0.124. The number of fused-ring (bicyclic) bond motifs is 1. The summed E-state index contributed by atoms with van der Waals surface area (Å²) < 4.78 is 0. The zero-order chi connectivity index (χ0) is 22.6. The molecule has 31 heavy (non-hydrogen) atoms. The van der Waals surface area contributed by atoms with Crippen molar-refractivity contribution in [3.63, 3.8) is 0 Å². The molecule has 2 aliphatic heterocycles. The van der Waals surface area contributed by atoms with Crippen molar-refractivity contribution in [1.29, 1.82) is 5.26 Å². The van der Waals surface area contributed by atoms with E-state index in [-0.39, 0.29) is 17.2 Å². The van der Waals surface area contributed by atoms with Gasteiger partial charge in [0, 0.05) is 18.7 Å². The van der Waals surface area contributed by atoms with Gasteiger partial charge in [-0.2, -0.15) is 5.26 Å². The van der Waals surface area contributed by atoms with Crippen molar-refractivity contribution < 1.29 is 9.59 Å². The Kier molecular flexibility index (Phi) is 6.80. The van der Waals surface area contributed by atoms with Gasteiger partial charge in [-0.3, -0.25) is 14.6 Å². The zero-order valence-corrected chi connectivity index (χ0v) is 19.0. The highest BCUT2D eigenvalue weighted by atomic mass is 16.2. The minimum Gasteiger partial charge on any atom is -0.336 e. The molecule has 3 rings (SSSR count). The molecule has 0 spiro atoms. The largest absolute Gasteiger partial charge is 0.336 e. The third-order valence-corrected chi connectivity index (χ3v) is 5.88. The average molecular weight is 424 g/mol. The number of aliphatic imine (C=N–C) groups is 1. The number of hydrogen-bond acceptors (Lipinski definition) is 5. The van der Waals surface area contributed by atoms with Crippen LogP contribution in [0.4, 0.5) is 0 Å². The number of nitriles is 1.